The number of halogens is 3. The van der Waals surface area contributed by atoms with Gasteiger partial charge in [-0.2, -0.15) is 0 Å². The summed E-state index contributed by atoms with van der Waals surface area (Å²) < 4.78 is 92.4. The summed E-state index contributed by atoms with van der Waals surface area (Å²) in [5.74, 6) is -3.17. The van der Waals surface area contributed by atoms with Gasteiger partial charge in [-0.3, -0.25) is 4.72 Å². The Morgan fingerprint density at radius 3 is 2.30 bits per heavy atom. The van der Waals surface area contributed by atoms with Crippen molar-refractivity contribution >= 4 is 31.5 Å². The molecule has 0 aliphatic heterocycles. The molecule has 0 amide bonds. The highest BCUT2D eigenvalue weighted by Crippen LogP contribution is 2.33. The van der Waals surface area contributed by atoms with Gasteiger partial charge >= 0.3 is 12.3 Å². The van der Waals surface area contributed by atoms with Gasteiger partial charge in [0.05, 0.1) is 17.0 Å². The van der Waals surface area contributed by atoms with E-state index >= 15 is 0 Å². The van der Waals surface area contributed by atoms with Crippen LogP contribution in [-0.2, 0) is 25.6 Å². The molecule has 13 heteroatoms. The maximum absolute atomic E-state index is 12.7. The van der Waals surface area contributed by atoms with Crippen LogP contribution in [0, 0.1) is 6.92 Å². The number of hydrogen-bond donors (Lipinski definition) is 2. The summed E-state index contributed by atoms with van der Waals surface area (Å²) in [4.78, 5) is 10.1. The number of sulfonamides is 1. The van der Waals surface area contributed by atoms with Crippen LogP contribution in [-0.4, -0.2) is 40.5 Å². The molecule has 30 heavy (non-hydrogen) atoms. The molecule has 2 aromatic carbocycles. The highest BCUT2D eigenvalue weighted by molar-refractivity contribution is 7.92. The molecule has 0 aliphatic rings. The third-order valence-corrected chi connectivity index (χ3v) is 6.05. The van der Waals surface area contributed by atoms with Gasteiger partial charge in [-0.25, -0.2) is 21.6 Å². The van der Waals surface area contributed by atoms with Gasteiger partial charge in [-0.15, -0.1) is 13.2 Å². The minimum absolute atomic E-state index is 0.0589. The number of alkyl halides is 3. The monoisotopic (exact) mass is 467 g/mol. The van der Waals surface area contributed by atoms with Crippen LogP contribution in [0.3, 0.4) is 0 Å². The number of anilines is 1. The molecule has 2 rings (SSSR count). The number of carbonyl (C=O) groups is 1. The van der Waals surface area contributed by atoms with Gasteiger partial charge in [0, 0.05) is 6.26 Å². The van der Waals surface area contributed by atoms with Crippen LogP contribution in [0.4, 0.5) is 18.9 Å². The number of carboxylic acids is 1. The highest BCUT2D eigenvalue weighted by Gasteiger charge is 2.35. The van der Waals surface area contributed by atoms with Gasteiger partial charge in [-0.1, -0.05) is 12.1 Å². The van der Waals surface area contributed by atoms with Crippen LogP contribution in [0.1, 0.15) is 21.5 Å². The maximum Gasteiger partial charge on any atom is 0.573 e. The molecule has 0 saturated heterocycles. The third-order valence-electron chi connectivity index (χ3n) is 3.81. The fourth-order valence-corrected chi connectivity index (χ4v) is 4.61. The molecule has 164 valence electrons. The number of aromatic carboxylic acids is 1. The minimum atomic E-state index is -5.27. The first-order valence-corrected chi connectivity index (χ1v) is 11.6. The predicted octanol–water partition coefficient (Wildman–Crippen LogP) is 2.94. The number of benzene rings is 2. The second kappa shape index (κ2) is 8.14. The first-order valence-electron chi connectivity index (χ1n) is 8.01. The van der Waals surface area contributed by atoms with E-state index in [-0.39, 0.29) is 17.0 Å². The lowest BCUT2D eigenvalue weighted by molar-refractivity contribution is -0.275. The van der Waals surface area contributed by atoms with Crippen molar-refractivity contribution in [3.05, 3.63) is 53.1 Å². The van der Waals surface area contributed by atoms with E-state index in [1.807, 2.05) is 0 Å². The van der Waals surface area contributed by atoms with E-state index < -0.39 is 48.4 Å². The van der Waals surface area contributed by atoms with Crippen LogP contribution in [0.25, 0.3) is 0 Å². The van der Waals surface area contributed by atoms with E-state index in [1.165, 1.54) is 25.1 Å². The fourth-order valence-electron chi connectivity index (χ4n) is 2.50. The van der Waals surface area contributed by atoms with Crippen molar-refractivity contribution in [3.8, 4) is 5.75 Å². The number of rotatable bonds is 7. The van der Waals surface area contributed by atoms with Crippen molar-refractivity contribution in [2.24, 2.45) is 0 Å². The zero-order chi connectivity index (χ0) is 22.9. The largest absolute Gasteiger partial charge is 0.573 e. The lowest BCUT2D eigenvalue weighted by Gasteiger charge is -2.17. The summed E-state index contributed by atoms with van der Waals surface area (Å²) in [6.45, 7) is 1.44. The molecular weight excluding hydrogens is 451 g/mol. The Bertz CT molecular complexity index is 1190. The smallest absolute Gasteiger partial charge is 0.478 e. The lowest BCUT2D eigenvalue weighted by atomic mass is 10.1. The van der Waals surface area contributed by atoms with Crippen LogP contribution >= 0.6 is 0 Å². The molecule has 0 spiro atoms. The molecule has 0 fully saturated rings. The Kier molecular flexibility index (Phi) is 6.37. The van der Waals surface area contributed by atoms with Crippen molar-refractivity contribution in [2.45, 2.75) is 23.9 Å². The number of ether oxygens (including phenoxy) is 1. The third kappa shape index (κ3) is 6.10. The second-order valence-corrected chi connectivity index (χ2v) is 10.1. The normalized spacial score (nSPS) is 12.4. The predicted molar refractivity (Wildman–Crippen MR) is 101 cm³/mol. The van der Waals surface area contributed by atoms with E-state index in [1.54, 1.807) is 0 Å². The molecule has 2 N–H and O–H groups in total. The van der Waals surface area contributed by atoms with Gasteiger partial charge in [0.1, 0.15) is 4.90 Å². The Labute approximate surface area is 170 Å². The zero-order valence-corrected chi connectivity index (χ0v) is 17.2. The molecule has 0 saturated carbocycles. The molecule has 0 aliphatic carbocycles. The standard InChI is InChI=1S/C17H16F3NO7S2/c1-10-12(9-29(2,24)25)4-3-5-13(10)21-30(26,27)15-7-6-11(16(22)23)8-14(15)28-17(18,19)20/h3-8,21H,9H2,1-2H3,(H,22,23). The summed E-state index contributed by atoms with van der Waals surface area (Å²) in [5.41, 5.74) is -0.117. The highest BCUT2D eigenvalue weighted by atomic mass is 32.2. The Morgan fingerprint density at radius 1 is 1.13 bits per heavy atom. The Hall–Kier alpha value is -2.80. The summed E-state index contributed by atoms with van der Waals surface area (Å²) in [7, 11) is -8.09. The molecule has 2 aromatic rings. The van der Waals surface area contributed by atoms with E-state index in [2.05, 4.69) is 9.46 Å². The van der Waals surface area contributed by atoms with Crippen LogP contribution in [0.2, 0.25) is 0 Å². The van der Waals surface area contributed by atoms with Gasteiger partial charge in [0.15, 0.2) is 15.6 Å². The van der Waals surface area contributed by atoms with Crippen molar-refractivity contribution < 1.29 is 44.6 Å². The molecule has 0 unspecified atom stereocenters. The second-order valence-electron chi connectivity index (χ2n) is 6.28. The van der Waals surface area contributed by atoms with E-state index in [4.69, 9.17) is 5.11 Å². The quantitative estimate of drug-likeness (QED) is 0.641. The Balaban J connectivity index is 2.52. The SMILES string of the molecule is Cc1c(CS(C)(=O)=O)cccc1NS(=O)(=O)c1ccc(C(=O)O)cc1OC(F)(F)F. The van der Waals surface area contributed by atoms with Crippen LogP contribution in [0.15, 0.2) is 41.3 Å². The number of carboxylic acid groups (broad SMARTS) is 1. The number of nitrogens with one attached hydrogen (secondary N) is 1. The first kappa shape index (κ1) is 23.5. The summed E-state index contributed by atoms with van der Waals surface area (Å²) >= 11 is 0. The fraction of sp³-hybridized carbons (Fsp3) is 0.235. The molecule has 0 radical (unpaired) electrons. The van der Waals surface area contributed by atoms with Crippen LogP contribution < -0.4 is 9.46 Å². The molecule has 0 aromatic heterocycles. The van der Waals surface area contributed by atoms with E-state index in [0.29, 0.717) is 17.7 Å². The Morgan fingerprint density at radius 2 is 1.77 bits per heavy atom. The minimum Gasteiger partial charge on any atom is -0.478 e. The van der Waals surface area contributed by atoms with Gasteiger partial charge < -0.3 is 9.84 Å². The number of sulfone groups is 1. The van der Waals surface area contributed by atoms with Crippen molar-refractivity contribution in [1.29, 1.82) is 0 Å². The molecule has 0 atom stereocenters. The molecule has 0 heterocycles. The molecule has 8 nitrogen and oxygen atoms in total. The summed E-state index contributed by atoms with van der Waals surface area (Å²) in [6.07, 6.45) is -4.28. The van der Waals surface area contributed by atoms with E-state index in [9.17, 15) is 34.8 Å². The van der Waals surface area contributed by atoms with Crippen LogP contribution in [0.5, 0.6) is 5.75 Å². The average molecular weight is 467 g/mol. The molecular formula is C17H16F3NO7S2. The molecule has 0 bridgehead atoms. The zero-order valence-electron chi connectivity index (χ0n) is 15.5. The van der Waals surface area contributed by atoms with Gasteiger partial charge in [0.2, 0.25) is 0 Å². The van der Waals surface area contributed by atoms with Crippen molar-refractivity contribution in [2.75, 3.05) is 11.0 Å². The van der Waals surface area contributed by atoms with Crippen molar-refractivity contribution in [3.63, 3.8) is 0 Å². The average Bonchev–Trinajstić information content (AvgIpc) is 2.55. The topological polar surface area (TPSA) is 127 Å². The maximum atomic E-state index is 12.7. The summed E-state index contributed by atoms with van der Waals surface area (Å²) in [5, 5.41) is 8.95. The lowest BCUT2D eigenvalue weighted by Crippen LogP contribution is -2.21. The number of hydrogen-bond acceptors (Lipinski definition) is 6. The van der Waals surface area contributed by atoms with Crippen molar-refractivity contribution in [1.82, 2.24) is 0 Å². The van der Waals surface area contributed by atoms with Gasteiger partial charge in [-0.05, 0) is 42.3 Å². The summed E-state index contributed by atoms with van der Waals surface area (Å²) in [6, 6.07) is 6.07. The van der Waals surface area contributed by atoms with E-state index in [0.717, 1.165) is 12.3 Å². The first-order chi connectivity index (χ1) is 13.6. The van der Waals surface area contributed by atoms with Gasteiger partial charge in [0.25, 0.3) is 10.0 Å².